The van der Waals surface area contributed by atoms with E-state index in [4.69, 9.17) is 11.6 Å². The lowest BCUT2D eigenvalue weighted by molar-refractivity contribution is -0.384. The molecule has 1 atom stereocenters. The quantitative estimate of drug-likeness (QED) is 0.0490. The average molecular weight is 746 g/mol. The second-order valence-electron chi connectivity index (χ2n) is 11.1. The fraction of sp³-hybridized carbons (Fsp3) is 0.0256. The number of hydrogen-bond acceptors (Lipinski definition) is 8. The number of thioether (sulfide) groups is 1. The number of halogens is 1. The van der Waals surface area contributed by atoms with Crippen molar-refractivity contribution in [3.63, 3.8) is 0 Å². The fourth-order valence-corrected chi connectivity index (χ4v) is 6.78. The summed E-state index contributed by atoms with van der Waals surface area (Å²) in [6, 6.07) is 37.7. The number of carbonyl (C=O) groups is 3. The second-order valence-corrected chi connectivity index (χ2v) is 13.6. The second kappa shape index (κ2) is 16.8. The molecule has 258 valence electrons. The standard InChI is InChI=1S/C39H28ClN5O5S2/c40-29-15-13-26(14-16-29)34-24-51-39(43-34)44-38(48)35(27-7-3-1-4-8-27)52-32-21-17-30(18-22-32)41-37(47)33(42-36(46)28-9-5-2-6-10-28)23-25-11-19-31(20-12-25)45(49)50/h1-24,35H,(H,41,47)(H,42,46)(H,43,44,48)/b33-23-. The number of hydrogen-bond donors (Lipinski definition) is 3. The molecule has 6 aromatic rings. The van der Waals surface area contributed by atoms with Crippen molar-refractivity contribution in [2.45, 2.75) is 10.1 Å². The van der Waals surface area contributed by atoms with Gasteiger partial charge in [0.05, 0.1) is 10.6 Å². The number of non-ortho nitro benzene ring substituents is 1. The molecular formula is C39H28ClN5O5S2. The minimum atomic E-state index is -0.617. The largest absolute Gasteiger partial charge is 0.321 e. The average Bonchev–Trinajstić information content (AvgIpc) is 3.63. The van der Waals surface area contributed by atoms with Crippen molar-refractivity contribution >= 4 is 75.0 Å². The predicted molar refractivity (Wildman–Crippen MR) is 206 cm³/mol. The number of nitrogens with zero attached hydrogens (tertiary/aromatic N) is 2. The van der Waals surface area contributed by atoms with Gasteiger partial charge in [0.25, 0.3) is 17.5 Å². The van der Waals surface area contributed by atoms with Crippen LogP contribution in [0.1, 0.15) is 26.7 Å². The summed E-state index contributed by atoms with van der Waals surface area (Å²) in [7, 11) is 0. The van der Waals surface area contributed by atoms with Gasteiger partial charge in [0.1, 0.15) is 10.9 Å². The molecule has 13 heteroatoms. The Morgan fingerprint density at radius 3 is 2.12 bits per heavy atom. The van der Waals surface area contributed by atoms with Crippen LogP contribution in [0.15, 0.2) is 149 Å². The molecule has 3 amide bonds. The third-order valence-corrected chi connectivity index (χ3v) is 9.80. The van der Waals surface area contributed by atoms with E-state index in [1.807, 2.05) is 47.8 Å². The van der Waals surface area contributed by atoms with Gasteiger partial charge in [0.15, 0.2) is 5.13 Å². The summed E-state index contributed by atoms with van der Waals surface area (Å²) in [5, 5.41) is 21.9. The molecule has 0 aliphatic heterocycles. The smallest absolute Gasteiger partial charge is 0.272 e. The molecule has 52 heavy (non-hydrogen) atoms. The zero-order valence-corrected chi connectivity index (χ0v) is 29.5. The first kappa shape index (κ1) is 35.7. The Morgan fingerprint density at radius 2 is 1.46 bits per heavy atom. The minimum absolute atomic E-state index is 0.0663. The molecule has 6 rings (SSSR count). The Morgan fingerprint density at radius 1 is 0.808 bits per heavy atom. The number of benzene rings is 5. The first-order chi connectivity index (χ1) is 25.2. The number of nitrogens with one attached hydrogen (secondary N) is 3. The topological polar surface area (TPSA) is 143 Å². The van der Waals surface area contributed by atoms with E-state index >= 15 is 0 Å². The van der Waals surface area contributed by atoms with Gasteiger partial charge in [-0.15, -0.1) is 23.1 Å². The first-order valence-electron chi connectivity index (χ1n) is 15.7. The lowest BCUT2D eigenvalue weighted by atomic mass is 10.1. The summed E-state index contributed by atoms with van der Waals surface area (Å²) in [5.74, 6) is -1.35. The number of carbonyl (C=O) groups excluding carboxylic acids is 3. The van der Waals surface area contributed by atoms with E-state index in [0.717, 1.165) is 21.7 Å². The van der Waals surface area contributed by atoms with E-state index in [1.165, 1.54) is 53.4 Å². The van der Waals surface area contributed by atoms with E-state index in [2.05, 4.69) is 20.9 Å². The molecule has 1 aromatic heterocycles. The number of aromatic nitrogens is 1. The SMILES string of the molecule is O=C(Nc1ccc(SC(C(=O)Nc2nc(-c3ccc(Cl)cc3)cs2)c2ccccc2)cc1)/C(=C/c1ccc([N+](=O)[O-])cc1)NC(=O)c1ccccc1. The van der Waals surface area contributed by atoms with Gasteiger partial charge < -0.3 is 16.0 Å². The fourth-order valence-electron chi connectivity index (χ4n) is 4.91. The van der Waals surface area contributed by atoms with Crippen LogP contribution < -0.4 is 16.0 Å². The molecule has 0 bridgehead atoms. The molecule has 0 spiro atoms. The van der Waals surface area contributed by atoms with Crippen molar-refractivity contribution < 1.29 is 19.3 Å². The summed E-state index contributed by atoms with van der Waals surface area (Å²) in [5.41, 5.74) is 3.50. The monoisotopic (exact) mass is 745 g/mol. The lowest BCUT2D eigenvalue weighted by Gasteiger charge is -2.17. The maximum atomic E-state index is 13.7. The van der Waals surface area contributed by atoms with Crippen molar-refractivity contribution in [3.05, 3.63) is 176 Å². The summed E-state index contributed by atoms with van der Waals surface area (Å²) in [6.45, 7) is 0. The molecule has 1 unspecified atom stereocenters. The maximum absolute atomic E-state index is 13.7. The molecule has 5 aromatic carbocycles. The van der Waals surface area contributed by atoms with E-state index in [-0.39, 0.29) is 17.3 Å². The number of rotatable bonds is 12. The Bertz CT molecular complexity index is 2230. The van der Waals surface area contributed by atoms with Crippen LogP contribution in [0, 0.1) is 10.1 Å². The number of anilines is 2. The minimum Gasteiger partial charge on any atom is -0.321 e. The Balaban J connectivity index is 1.17. The van der Waals surface area contributed by atoms with Crippen LogP contribution in [0.5, 0.6) is 0 Å². The molecule has 0 aliphatic carbocycles. The molecule has 3 N–H and O–H groups in total. The van der Waals surface area contributed by atoms with E-state index < -0.39 is 22.0 Å². The van der Waals surface area contributed by atoms with Crippen molar-refractivity contribution in [2.75, 3.05) is 10.6 Å². The third-order valence-electron chi connectivity index (χ3n) is 7.52. The van der Waals surface area contributed by atoms with Gasteiger partial charge in [0.2, 0.25) is 5.91 Å². The van der Waals surface area contributed by atoms with Crippen LogP contribution in [0.2, 0.25) is 5.02 Å². The van der Waals surface area contributed by atoms with E-state index in [9.17, 15) is 24.5 Å². The van der Waals surface area contributed by atoms with Gasteiger partial charge >= 0.3 is 0 Å². The maximum Gasteiger partial charge on any atom is 0.272 e. The summed E-state index contributed by atoms with van der Waals surface area (Å²) < 4.78 is 0. The third kappa shape index (κ3) is 9.37. The molecule has 0 radical (unpaired) electrons. The molecule has 0 saturated carbocycles. The molecule has 1 heterocycles. The summed E-state index contributed by atoms with van der Waals surface area (Å²) in [4.78, 5) is 56.1. The molecule has 0 saturated heterocycles. The molecule has 10 nitrogen and oxygen atoms in total. The summed E-state index contributed by atoms with van der Waals surface area (Å²) in [6.07, 6.45) is 1.44. The summed E-state index contributed by atoms with van der Waals surface area (Å²) >= 11 is 8.69. The van der Waals surface area contributed by atoms with E-state index in [0.29, 0.717) is 27.0 Å². The van der Waals surface area contributed by atoms with Gasteiger partial charge in [0, 0.05) is 44.2 Å². The Labute approximate surface area is 311 Å². The van der Waals surface area contributed by atoms with Crippen LogP contribution in [0.4, 0.5) is 16.5 Å². The van der Waals surface area contributed by atoms with Crippen LogP contribution in [-0.2, 0) is 9.59 Å². The van der Waals surface area contributed by atoms with Crippen LogP contribution >= 0.6 is 34.7 Å². The van der Waals surface area contributed by atoms with Gasteiger partial charge in [-0.05, 0) is 77.9 Å². The first-order valence-corrected chi connectivity index (χ1v) is 17.8. The molecular weight excluding hydrogens is 718 g/mol. The van der Waals surface area contributed by atoms with Gasteiger partial charge in [-0.25, -0.2) is 4.98 Å². The number of nitro groups is 1. The van der Waals surface area contributed by atoms with Gasteiger partial charge in [-0.2, -0.15) is 0 Å². The zero-order valence-electron chi connectivity index (χ0n) is 27.1. The number of thiazole rings is 1. The number of amides is 3. The van der Waals surface area contributed by atoms with Gasteiger partial charge in [-0.3, -0.25) is 24.5 Å². The molecule has 0 fully saturated rings. The van der Waals surface area contributed by atoms with Crippen molar-refractivity contribution in [1.82, 2.24) is 10.3 Å². The highest BCUT2D eigenvalue weighted by Crippen LogP contribution is 2.37. The highest BCUT2D eigenvalue weighted by molar-refractivity contribution is 8.00. The number of nitro benzene ring substituents is 1. The Kier molecular flexibility index (Phi) is 11.5. The van der Waals surface area contributed by atoms with E-state index in [1.54, 1.807) is 66.7 Å². The molecule has 0 aliphatic rings. The highest BCUT2D eigenvalue weighted by Gasteiger charge is 2.24. The van der Waals surface area contributed by atoms with Crippen LogP contribution in [0.25, 0.3) is 17.3 Å². The van der Waals surface area contributed by atoms with Crippen LogP contribution in [0.3, 0.4) is 0 Å². The van der Waals surface area contributed by atoms with Crippen molar-refractivity contribution in [1.29, 1.82) is 0 Å². The van der Waals surface area contributed by atoms with Crippen molar-refractivity contribution in [2.24, 2.45) is 0 Å². The highest BCUT2D eigenvalue weighted by atomic mass is 35.5. The van der Waals surface area contributed by atoms with Crippen LogP contribution in [-0.4, -0.2) is 27.6 Å². The zero-order chi connectivity index (χ0) is 36.5. The Hall–Kier alpha value is -6.08. The normalized spacial score (nSPS) is 11.7. The lowest BCUT2D eigenvalue weighted by Crippen LogP contribution is -2.30. The van der Waals surface area contributed by atoms with Gasteiger partial charge in [-0.1, -0.05) is 72.3 Å². The van der Waals surface area contributed by atoms with Crippen molar-refractivity contribution in [3.8, 4) is 11.3 Å². The predicted octanol–water partition coefficient (Wildman–Crippen LogP) is 9.25.